The number of benzene rings is 3. The van der Waals surface area contributed by atoms with E-state index in [-0.39, 0.29) is 18.4 Å². The van der Waals surface area contributed by atoms with Crippen LogP contribution in [-0.2, 0) is 4.79 Å². The van der Waals surface area contributed by atoms with Crippen LogP contribution in [0.15, 0.2) is 65.8 Å². The average Bonchev–Trinajstić information content (AvgIpc) is 2.87. The fourth-order valence-electron chi connectivity index (χ4n) is 3.35. The number of carbonyl (C=O) groups excluding carboxylic acids is 2. The Morgan fingerprint density at radius 3 is 2.31 bits per heavy atom. The third-order valence-electron chi connectivity index (χ3n) is 5.26. The van der Waals surface area contributed by atoms with Crippen molar-refractivity contribution in [3.8, 4) is 23.0 Å². The van der Waals surface area contributed by atoms with Gasteiger partial charge in [0.25, 0.3) is 5.91 Å². The second-order valence-electron chi connectivity index (χ2n) is 8.31. The van der Waals surface area contributed by atoms with Crippen LogP contribution in [0.4, 0.5) is 0 Å². The number of rotatable bonds is 10. The standard InChI is InChI=1S/C28H30N2O6/c1-18(2)23-12-6-19(3)14-25(23)35-17-27(31)30-29-16-20-7-10-22(11-8-20)36-28(32)21-9-13-24(33-4)26(15-21)34-5/h6-16,18H,17H2,1-5H3,(H,30,31). The molecule has 8 nitrogen and oxygen atoms in total. The summed E-state index contributed by atoms with van der Waals surface area (Å²) in [5.74, 6) is 1.40. The summed E-state index contributed by atoms with van der Waals surface area (Å²) in [4.78, 5) is 24.6. The molecule has 0 spiro atoms. The Bertz CT molecular complexity index is 1240. The minimum atomic E-state index is -0.529. The lowest BCUT2D eigenvalue weighted by atomic mass is 10.0. The molecule has 0 aliphatic carbocycles. The first-order valence-corrected chi connectivity index (χ1v) is 11.4. The summed E-state index contributed by atoms with van der Waals surface area (Å²) in [7, 11) is 3.02. The predicted octanol–water partition coefficient (Wildman–Crippen LogP) is 4.88. The maximum absolute atomic E-state index is 12.5. The van der Waals surface area contributed by atoms with Crippen LogP contribution in [0.2, 0.25) is 0 Å². The van der Waals surface area contributed by atoms with E-state index >= 15 is 0 Å². The Balaban J connectivity index is 1.52. The van der Waals surface area contributed by atoms with E-state index in [2.05, 4.69) is 24.4 Å². The molecule has 0 aliphatic heterocycles. The number of aryl methyl sites for hydroxylation is 1. The van der Waals surface area contributed by atoms with Crippen LogP contribution < -0.4 is 24.4 Å². The highest BCUT2D eigenvalue weighted by atomic mass is 16.5. The lowest BCUT2D eigenvalue weighted by Crippen LogP contribution is -2.25. The van der Waals surface area contributed by atoms with Gasteiger partial charge in [-0.15, -0.1) is 0 Å². The van der Waals surface area contributed by atoms with Gasteiger partial charge in [0, 0.05) is 0 Å². The molecule has 0 unspecified atom stereocenters. The quantitative estimate of drug-likeness (QED) is 0.188. The highest BCUT2D eigenvalue weighted by Gasteiger charge is 2.13. The van der Waals surface area contributed by atoms with E-state index in [0.717, 1.165) is 11.1 Å². The van der Waals surface area contributed by atoms with Gasteiger partial charge in [0.1, 0.15) is 11.5 Å². The summed E-state index contributed by atoms with van der Waals surface area (Å²) < 4.78 is 21.5. The topological polar surface area (TPSA) is 95.5 Å². The Morgan fingerprint density at radius 2 is 1.64 bits per heavy atom. The van der Waals surface area contributed by atoms with Crippen molar-refractivity contribution in [2.24, 2.45) is 5.10 Å². The Hall–Kier alpha value is -4.33. The van der Waals surface area contributed by atoms with Gasteiger partial charge < -0.3 is 18.9 Å². The van der Waals surface area contributed by atoms with Gasteiger partial charge in [-0.25, -0.2) is 10.2 Å². The molecular weight excluding hydrogens is 460 g/mol. The lowest BCUT2D eigenvalue weighted by molar-refractivity contribution is -0.123. The molecule has 1 N–H and O–H groups in total. The molecule has 8 heteroatoms. The van der Waals surface area contributed by atoms with Gasteiger partial charge in [0.05, 0.1) is 26.0 Å². The highest BCUT2D eigenvalue weighted by molar-refractivity contribution is 5.92. The monoisotopic (exact) mass is 490 g/mol. The van der Waals surface area contributed by atoms with Gasteiger partial charge in [0.15, 0.2) is 18.1 Å². The van der Waals surface area contributed by atoms with Crippen molar-refractivity contribution in [2.75, 3.05) is 20.8 Å². The molecule has 0 aromatic heterocycles. The molecule has 0 heterocycles. The van der Waals surface area contributed by atoms with Crippen molar-refractivity contribution in [2.45, 2.75) is 26.7 Å². The number of amides is 1. The number of carbonyl (C=O) groups is 2. The zero-order chi connectivity index (χ0) is 26.1. The molecule has 0 bridgehead atoms. The van der Waals surface area contributed by atoms with Crippen molar-refractivity contribution >= 4 is 18.1 Å². The van der Waals surface area contributed by atoms with E-state index in [1.807, 2.05) is 25.1 Å². The maximum Gasteiger partial charge on any atom is 0.343 e. The Morgan fingerprint density at radius 1 is 0.917 bits per heavy atom. The Labute approximate surface area is 210 Å². The zero-order valence-electron chi connectivity index (χ0n) is 21.0. The fraction of sp³-hybridized carbons (Fsp3) is 0.250. The van der Waals surface area contributed by atoms with Gasteiger partial charge in [-0.1, -0.05) is 26.0 Å². The van der Waals surface area contributed by atoms with E-state index in [4.69, 9.17) is 18.9 Å². The van der Waals surface area contributed by atoms with E-state index in [1.165, 1.54) is 20.4 Å². The summed E-state index contributed by atoms with van der Waals surface area (Å²) >= 11 is 0. The fourth-order valence-corrected chi connectivity index (χ4v) is 3.35. The summed E-state index contributed by atoms with van der Waals surface area (Å²) in [6.45, 7) is 5.98. The number of methoxy groups -OCH3 is 2. The third-order valence-corrected chi connectivity index (χ3v) is 5.26. The van der Waals surface area contributed by atoms with E-state index in [1.54, 1.807) is 42.5 Å². The van der Waals surface area contributed by atoms with Crippen LogP contribution in [0.1, 0.15) is 46.8 Å². The van der Waals surface area contributed by atoms with E-state index in [0.29, 0.717) is 34.1 Å². The zero-order valence-corrected chi connectivity index (χ0v) is 21.0. The van der Waals surface area contributed by atoms with Gasteiger partial charge in [0.2, 0.25) is 0 Å². The maximum atomic E-state index is 12.5. The van der Waals surface area contributed by atoms with Crippen molar-refractivity contribution in [1.82, 2.24) is 5.43 Å². The second-order valence-corrected chi connectivity index (χ2v) is 8.31. The van der Waals surface area contributed by atoms with Crippen molar-refractivity contribution in [3.05, 3.63) is 82.9 Å². The molecule has 0 atom stereocenters. The molecule has 0 radical (unpaired) electrons. The van der Waals surface area contributed by atoms with E-state index in [9.17, 15) is 9.59 Å². The molecule has 1 amide bonds. The van der Waals surface area contributed by atoms with Gasteiger partial charge in [-0.3, -0.25) is 4.79 Å². The molecule has 0 saturated heterocycles. The average molecular weight is 491 g/mol. The molecule has 0 saturated carbocycles. The molecule has 3 aromatic carbocycles. The SMILES string of the molecule is COc1ccc(C(=O)Oc2ccc(C=NNC(=O)COc3cc(C)ccc3C(C)C)cc2)cc1OC. The summed E-state index contributed by atoms with van der Waals surface area (Å²) in [6.07, 6.45) is 1.49. The molecular formula is C28H30N2O6. The highest BCUT2D eigenvalue weighted by Crippen LogP contribution is 2.28. The first-order chi connectivity index (χ1) is 17.3. The van der Waals surface area contributed by atoms with Gasteiger partial charge in [-0.05, 0) is 78.1 Å². The van der Waals surface area contributed by atoms with E-state index < -0.39 is 5.97 Å². The summed E-state index contributed by atoms with van der Waals surface area (Å²) in [6, 6.07) is 17.4. The number of ether oxygens (including phenoxy) is 4. The van der Waals surface area contributed by atoms with Crippen molar-refractivity contribution in [1.29, 1.82) is 0 Å². The van der Waals surface area contributed by atoms with Gasteiger partial charge in [-0.2, -0.15) is 5.10 Å². The normalized spacial score (nSPS) is 10.8. The van der Waals surface area contributed by atoms with Crippen LogP contribution >= 0.6 is 0 Å². The second kappa shape index (κ2) is 12.4. The number of hydrogen-bond acceptors (Lipinski definition) is 7. The number of hydrazone groups is 1. The Kier molecular flexibility index (Phi) is 9.05. The number of nitrogens with zero attached hydrogens (tertiary/aromatic N) is 1. The van der Waals surface area contributed by atoms with Crippen LogP contribution in [-0.4, -0.2) is 38.9 Å². The number of hydrogen-bond donors (Lipinski definition) is 1. The van der Waals surface area contributed by atoms with Crippen molar-refractivity contribution in [3.63, 3.8) is 0 Å². The molecule has 3 rings (SSSR count). The van der Waals surface area contributed by atoms with Crippen molar-refractivity contribution < 1.29 is 28.5 Å². The molecule has 3 aromatic rings. The summed E-state index contributed by atoms with van der Waals surface area (Å²) in [5, 5.41) is 3.96. The first kappa shape index (κ1) is 26.3. The molecule has 188 valence electrons. The smallest absolute Gasteiger partial charge is 0.343 e. The minimum absolute atomic E-state index is 0.147. The summed E-state index contributed by atoms with van der Waals surface area (Å²) in [5.41, 5.74) is 5.60. The molecule has 0 fully saturated rings. The van der Waals surface area contributed by atoms with Crippen LogP contribution in [0.5, 0.6) is 23.0 Å². The van der Waals surface area contributed by atoms with Crippen LogP contribution in [0, 0.1) is 6.92 Å². The lowest BCUT2D eigenvalue weighted by Gasteiger charge is -2.14. The van der Waals surface area contributed by atoms with Gasteiger partial charge >= 0.3 is 5.97 Å². The van der Waals surface area contributed by atoms with Crippen LogP contribution in [0.25, 0.3) is 0 Å². The first-order valence-electron chi connectivity index (χ1n) is 11.4. The largest absolute Gasteiger partial charge is 0.493 e. The predicted molar refractivity (Wildman–Crippen MR) is 137 cm³/mol. The number of nitrogens with one attached hydrogen (secondary N) is 1. The minimum Gasteiger partial charge on any atom is -0.493 e. The number of esters is 1. The molecule has 0 aliphatic rings. The molecule has 36 heavy (non-hydrogen) atoms. The van der Waals surface area contributed by atoms with Crippen LogP contribution in [0.3, 0.4) is 0 Å². The third kappa shape index (κ3) is 7.09.